The number of ether oxygens (including phenoxy) is 1. The van der Waals surface area contributed by atoms with Crippen LogP contribution in [0, 0.1) is 0 Å². The summed E-state index contributed by atoms with van der Waals surface area (Å²) in [4.78, 5) is 29.7. The number of aromatic nitrogens is 4. The molecule has 1 atom stereocenters. The van der Waals surface area contributed by atoms with Gasteiger partial charge in [-0.25, -0.2) is 15.0 Å². The quantitative estimate of drug-likeness (QED) is 0.370. The molecule has 0 aliphatic carbocycles. The molecule has 3 aromatic heterocycles. The van der Waals surface area contributed by atoms with Crippen LogP contribution in [0.2, 0.25) is 0 Å². The standard InChI is InChI=1S/C24H25N7O2.H2S/c1-14(16-5-4-6-17-18(23(32)26-2)7-8-27-22(16)17)11-28-21-10-20(30-13-31-21)15-9-19(25)24(33-3)29-12-15;/h4-10,12-14H,11,25H2,1-3H3,(H,26,32)(H,28,30,31);1H2/t14-;/m1./s1. The summed E-state index contributed by atoms with van der Waals surface area (Å²) in [5, 5.41) is 6.88. The monoisotopic (exact) mass is 477 g/mol. The Labute approximate surface area is 204 Å². The van der Waals surface area contributed by atoms with E-state index in [1.807, 2.05) is 24.3 Å². The zero-order valence-electron chi connectivity index (χ0n) is 19.2. The maximum Gasteiger partial charge on any atom is 0.251 e. The molecule has 0 unspecified atom stereocenters. The molecule has 0 spiro atoms. The van der Waals surface area contributed by atoms with Crippen molar-refractivity contribution in [2.24, 2.45) is 0 Å². The molecule has 176 valence electrons. The maximum atomic E-state index is 12.2. The fourth-order valence-electron chi connectivity index (χ4n) is 3.69. The van der Waals surface area contributed by atoms with E-state index in [-0.39, 0.29) is 25.3 Å². The number of nitrogens with zero attached hydrogens (tertiary/aromatic N) is 4. The highest BCUT2D eigenvalue weighted by atomic mass is 32.1. The summed E-state index contributed by atoms with van der Waals surface area (Å²) in [5.74, 6) is 1.04. The molecule has 0 aliphatic rings. The molecule has 0 radical (unpaired) electrons. The second-order valence-corrected chi connectivity index (χ2v) is 7.57. The highest BCUT2D eigenvalue weighted by Gasteiger charge is 2.15. The number of benzene rings is 1. The van der Waals surface area contributed by atoms with Gasteiger partial charge in [0.05, 0.1) is 29.6 Å². The first kappa shape index (κ1) is 24.7. The number of nitrogens with two attached hydrogens (primary N) is 1. The molecule has 0 saturated carbocycles. The first-order valence-electron chi connectivity index (χ1n) is 10.5. The average Bonchev–Trinajstić information content (AvgIpc) is 2.86. The molecule has 0 saturated heterocycles. The van der Waals surface area contributed by atoms with Crippen molar-refractivity contribution in [2.75, 3.05) is 31.8 Å². The summed E-state index contributed by atoms with van der Waals surface area (Å²) in [7, 11) is 3.15. The zero-order chi connectivity index (χ0) is 23.4. The van der Waals surface area contributed by atoms with Crippen LogP contribution in [0.3, 0.4) is 0 Å². The van der Waals surface area contributed by atoms with Crippen LogP contribution in [-0.4, -0.2) is 46.5 Å². The van der Waals surface area contributed by atoms with Crippen molar-refractivity contribution in [2.45, 2.75) is 12.8 Å². The number of anilines is 2. The summed E-state index contributed by atoms with van der Waals surface area (Å²) in [6.45, 7) is 2.72. The number of rotatable bonds is 7. The molecule has 10 heteroatoms. The van der Waals surface area contributed by atoms with E-state index in [4.69, 9.17) is 10.5 Å². The summed E-state index contributed by atoms with van der Waals surface area (Å²) in [6.07, 6.45) is 4.83. The van der Waals surface area contributed by atoms with Crippen LogP contribution in [0.1, 0.15) is 28.8 Å². The van der Waals surface area contributed by atoms with E-state index in [0.29, 0.717) is 35.2 Å². The molecule has 0 aliphatic heterocycles. The summed E-state index contributed by atoms with van der Waals surface area (Å²) in [5.41, 5.74) is 10.4. The van der Waals surface area contributed by atoms with Gasteiger partial charge in [-0.2, -0.15) is 13.5 Å². The highest BCUT2D eigenvalue weighted by molar-refractivity contribution is 7.59. The predicted molar refractivity (Wildman–Crippen MR) is 139 cm³/mol. The largest absolute Gasteiger partial charge is 0.480 e. The molecule has 3 heterocycles. The van der Waals surface area contributed by atoms with Gasteiger partial charge in [0.1, 0.15) is 12.1 Å². The number of carbonyl (C=O) groups is 1. The number of nitrogen functional groups attached to an aromatic ring is 1. The predicted octanol–water partition coefficient (Wildman–Crippen LogP) is 3.37. The molecule has 9 nitrogen and oxygen atoms in total. The number of para-hydroxylation sites is 1. The molecule has 4 rings (SSSR count). The van der Waals surface area contributed by atoms with Crippen molar-refractivity contribution >= 4 is 41.8 Å². The van der Waals surface area contributed by atoms with Gasteiger partial charge in [-0.1, -0.05) is 25.1 Å². The lowest BCUT2D eigenvalue weighted by Crippen LogP contribution is -2.18. The second-order valence-electron chi connectivity index (χ2n) is 7.57. The molecule has 4 N–H and O–H groups in total. The second kappa shape index (κ2) is 10.8. The van der Waals surface area contributed by atoms with Gasteiger partial charge in [-0.05, 0) is 17.7 Å². The summed E-state index contributed by atoms with van der Waals surface area (Å²) < 4.78 is 5.12. The van der Waals surface area contributed by atoms with Crippen LogP contribution in [0.5, 0.6) is 5.88 Å². The fraction of sp³-hybridized carbons (Fsp3) is 0.208. The van der Waals surface area contributed by atoms with Crippen LogP contribution < -0.4 is 21.1 Å². The summed E-state index contributed by atoms with van der Waals surface area (Å²) in [6, 6.07) is 11.3. The Bertz CT molecular complexity index is 1320. The third kappa shape index (κ3) is 5.01. The van der Waals surface area contributed by atoms with Crippen molar-refractivity contribution < 1.29 is 9.53 Å². The molecule has 4 aromatic rings. The Balaban J connectivity index is 0.00000324. The van der Waals surface area contributed by atoms with Crippen LogP contribution in [0.25, 0.3) is 22.2 Å². The van der Waals surface area contributed by atoms with Gasteiger partial charge in [-0.15, -0.1) is 0 Å². The van der Waals surface area contributed by atoms with E-state index in [9.17, 15) is 4.79 Å². The third-order valence-electron chi connectivity index (χ3n) is 5.43. The highest BCUT2D eigenvalue weighted by Crippen LogP contribution is 2.28. The van der Waals surface area contributed by atoms with Crippen LogP contribution >= 0.6 is 13.5 Å². The molecule has 1 aromatic carbocycles. The van der Waals surface area contributed by atoms with Gasteiger partial charge >= 0.3 is 0 Å². The van der Waals surface area contributed by atoms with Gasteiger partial charge in [0, 0.05) is 48.9 Å². The number of fused-ring (bicyclic) bond motifs is 1. The number of nitrogens with one attached hydrogen (secondary N) is 2. The zero-order valence-corrected chi connectivity index (χ0v) is 20.2. The molecular formula is C24H27N7O2S. The smallest absolute Gasteiger partial charge is 0.251 e. The number of amides is 1. The van der Waals surface area contributed by atoms with Gasteiger partial charge < -0.3 is 21.1 Å². The van der Waals surface area contributed by atoms with E-state index in [0.717, 1.165) is 22.0 Å². The van der Waals surface area contributed by atoms with E-state index in [2.05, 4.69) is 37.5 Å². The van der Waals surface area contributed by atoms with E-state index < -0.39 is 0 Å². The molecular weight excluding hydrogens is 450 g/mol. The van der Waals surface area contributed by atoms with E-state index in [1.165, 1.54) is 13.4 Å². The van der Waals surface area contributed by atoms with Crippen molar-refractivity contribution in [3.8, 4) is 17.1 Å². The third-order valence-corrected chi connectivity index (χ3v) is 5.43. The van der Waals surface area contributed by atoms with Crippen molar-refractivity contribution in [1.29, 1.82) is 0 Å². The minimum absolute atomic E-state index is 0. The number of pyridine rings is 2. The average molecular weight is 478 g/mol. The van der Waals surface area contributed by atoms with Gasteiger partial charge in [-0.3, -0.25) is 9.78 Å². The summed E-state index contributed by atoms with van der Waals surface area (Å²) >= 11 is 0. The van der Waals surface area contributed by atoms with E-state index >= 15 is 0 Å². The van der Waals surface area contributed by atoms with Gasteiger partial charge in [0.15, 0.2) is 0 Å². The lowest BCUT2D eigenvalue weighted by atomic mass is 9.96. The Morgan fingerprint density at radius 2 is 1.97 bits per heavy atom. The normalized spacial score (nSPS) is 11.4. The number of hydrogen-bond donors (Lipinski definition) is 3. The number of carbonyl (C=O) groups excluding carboxylic acids is 1. The lowest BCUT2D eigenvalue weighted by Gasteiger charge is -2.16. The Morgan fingerprint density at radius 3 is 2.71 bits per heavy atom. The van der Waals surface area contributed by atoms with Crippen LogP contribution in [-0.2, 0) is 0 Å². The topological polar surface area (TPSA) is 128 Å². The van der Waals surface area contributed by atoms with Gasteiger partial charge in [0.2, 0.25) is 5.88 Å². The minimum atomic E-state index is -0.132. The minimum Gasteiger partial charge on any atom is -0.480 e. The first-order valence-corrected chi connectivity index (χ1v) is 10.5. The Kier molecular flexibility index (Phi) is 7.85. The molecule has 0 fully saturated rings. The van der Waals surface area contributed by atoms with Crippen molar-refractivity contribution in [1.82, 2.24) is 25.3 Å². The maximum absolute atomic E-state index is 12.2. The first-order chi connectivity index (χ1) is 16.0. The lowest BCUT2D eigenvalue weighted by molar-refractivity contribution is 0.0964. The van der Waals surface area contributed by atoms with Crippen molar-refractivity contribution in [3.05, 3.63) is 66.2 Å². The number of hydrogen-bond acceptors (Lipinski definition) is 8. The van der Waals surface area contributed by atoms with Crippen molar-refractivity contribution in [3.63, 3.8) is 0 Å². The van der Waals surface area contributed by atoms with Crippen LogP contribution in [0.15, 0.2) is 55.1 Å². The molecule has 34 heavy (non-hydrogen) atoms. The van der Waals surface area contributed by atoms with Gasteiger partial charge in [0.25, 0.3) is 5.91 Å². The van der Waals surface area contributed by atoms with E-state index in [1.54, 1.807) is 31.6 Å². The number of methoxy groups -OCH3 is 1. The fourth-order valence-corrected chi connectivity index (χ4v) is 3.69. The van der Waals surface area contributed by atoms with Crippen LogP contribution in [0.4, 0.5) is 11.5 Å². The SMILES string of the molecule is CNC(=O)c1ccnc2c([C@H](C)CNc3cc(-c4cnc(OC)c(N)c4)ncn3)cccc12.S. The molecule has 1 amide bonds. The Hall–Kier alpha value is -3.92. The molecule has 0 bridgehead atoms. The Morgan fingerprint density at radius 1 is 1.15 bits per heavy atom.